The van der Waals surface area contributed by atoms with Gasteiger partial charge in [-0.2, -0.15) is 5.26 Å². The van der Waals surface area contributed by atoms with Crippen molar-refractivity contribution < 1.29 is 24.5 Å². The van der Waals surface area contributed by atoms with Gasteiger partial charge in [-0.15, -0.1) is 0 Å². The number of aliphatic hydroxyl groups is 1. The van der Waals surface area contributed by atoms with Crippen molar-refractivity contribution in [3.8, 4) is 17.6 Å². The summed E-state index contributed by atoms with van der Waals surface area (Å²) in [5.74, 6) is -1.81. The Morgan fingerprint density at radius 3 is 2.34 bits per heavy atom. The predicted octanol–water partition coefficient (Wildman–Crippen LogP) is 5.89. The van der Waals surface area contributed by atoms with E-state index in [0.29, 0.717) is 29.0 Å². The van der Waals surface area contributed by atoms with Gasteiger partial charge in [0.15, 0.2) is 11.5 Å². The highest BCUT2D eigenvalue weighted by Gasteiger charge is 2.47. The molecule has 0 saturated carbocycles. The number of aryl methyl sites for hydroxylation is 1. The van der Waals surface area contributed by atoms with E-state index < -0.39 is 17.7 Å². The Morgan fingerprint density at radius 1 is 1.05 bits per heavy atom. The van der Waals surface area contributed by atoms with E-state index >= 15 is 0 Å². The summed E-state index contributed by atoms with van der Waals surface area (Å²) in [5.41, 5.74) is 3.17. The second-order valence-electron chi connectivity index (χ2n) is 10.3. The normalized spacial score (nSPS) is 16.9. The Morgan fingerprint density at radius 2 is 1.74 bits per heavy atom. The predicted molar refractivity (Wildman–Crippen MR) is 145 cm³/mol. The van der Waals surface area contributed by atoms with Crippen molar-refractivity contribution in [3.05, 3.63) is 94.1 Å². The second kappa shape index (κ2) is 10.1. The average molecular weight is 511 g/mol. The van der Waals surface area contributed by atoms with Crippen LogP contribution in [0.4, 0.5) is 5.69 Å². The number of hydrogen-bond acceptors (Lipinski definition) is 6. The molecule has 3 aromatic rings. The number of aliphatic hydroxyl groups excluding tert-OH is 1. The van der Waals surface area contributed by atoms with Crippen LogP contribution in [0.15, 0.2) is 66.2 Å². The van der Waals surface area contributed by atoms with Crippen LogP contribution in [0.1, 0.15) is 61.6 Å². The van der Waals surface area contributed by atoms with Gasteiger partial charge in [-0.25, -0.2) is 0 Å². The van der Waals surface area contributed by atoms with E-state index in [9.17, 15) is 25.1 Å². The molecule has 194 valence electrons. The minimum atomic E-state index is -1.000. The number of nitriles is 1. The molecule has 0 aliphatic carbocycles. The molecule has 1 fully saturated rings. The van der Waals surface area contributed by atoms with Gasteiger partial charge in [0.25, 0.3) is 11.7 Å². The molecule has 0 radical (unpaired) electrons. The van der Waals surface area contributed by atoms with Crippen molar-refractivity contribution >= 4 is 23.1 Å². The summed E-state index contributed by atoms with van der Waals surface area (Å²) in [5, 5.41) is 31.1. The molecule has 1 atom stereocenters. The number of carbonyl (C=O) groups excluding carboxylic acids is 2. The van der Waals surface area contributed by atoms with Gasteiger partial charge in [-0.3, -0.25) is 14.5 Å². The molecule has 1 saturated heterocycles. The molecule has 7 nitrogen and oxygen atoms in total. The van der Waals surface area contributed by atoms with Gasteiger partial charge in [0.05, 0.1) is 29.9 Å². The molecule has 0 spiro atoms. The molecule has 1 aliphatic rings. The van der Waals surface area contributed by atoms with E-state index in [1.165, 1.54) is 11.0 Å². The van der Waals surface area contributed by atoms with E-state index in [1.54, 1.807) is 43.3 Å². The molecule has 3 aromatic carbocycles. The SMILES string of the molecule is CCOc1cc(C2/C(=C(\O)c3cc(C(C)(C)C)ccc3C)C(=O)C(=O)N2c2ccc(C#N)cc2)ccc1O. The van der Waals surface area contributed by atoms with Crippen LogP contribution in [-0.2, 0) is 15.0 Å². The molecule has 0 aromatic heterocycles. The van der Waals surface area contributed by atoms with Gasteiger partial charge in [0.2, 0.25) is 0 Å². The zero-order valence-electron chi connectivity index (χ0n) is 22.1. The molecule has 4 rings (SSSR count). The number of ether oxygens (including phenoxy) is 1. The van der Waals surface area contributed by atoms with Crippen LogP contribution in [0, 0.1) is 18.3 Å². The third-order valence-electron chi connectivity index (χ3n) is 6.68. The summed E-state index contributed by atoms with van der Waals surface area (Å²) < 4.78 is 5.56. The van der Waals surface area contributed by atoms with Crippen LogP contribution in [-0.4, -0.2) is 28.5 Å². The molecule has 1 heterocycles. The lowest BCUT2D eigenvalue weighted by molar-refractivity contribution is -0.132. The summed E-state index contributed by atoms with van der Waals surface area (Å²) in [7, 11) is 0. The first-order chi connectivity index (χ1) is 18.0. The van der Waals surface area contributed by atoms with Crippen LogP contribution in [0.3, 0.4) is 0 Å². The van der Waals surface area contributed by atoms with Crippen LogP contribution in [0.25, 0.3) is 5.76 Å². The fourth-order valence-corrected chi connectivity index (χ4v) is 4.57. The van der Waals surface area contributed by atoms with E-state index in [0.717, 1.165) is 11.1 Å². The number of phenols is 1. The van der Waals surface area contributed by atoms with Crippen LogP contribution in [0.5, 0.6) is 11.5 Å². The highest BCUT2D eigenvalue weighted by molar-refractivity contribution is 6.51. The number of benzene rings is 3. The summed E-state index contributed by atoms with van der Waals surface area (Å²) in [6.45, 7) is 10.1. The number of rotatable bonds is 5. The number of phenolic OH excluding ortho intramolecular Hbond substituents is 1. The third-order valence-corrected chi connectivity index (χ3v) is 6.68. The Kier molecular flexibility index (Phi) is 7.01. The number of nitrogens with zero attached hydrogens (tertiary/aromatic N) is 2. The smallest absolute Gasteiger partial charge is 0.300 e. The van der Waals surface area contributed by atoms with Gasteiger partial charge in [0.1, 0.15) is 5.76 Å². The van der Waals surface area contributed by atoms with Gasteiger partial charge in [0, 0.05) is 11.3 Å². The molecule has 1 unspecified atom stereocenters. The van der Waals surface area contributed by atoms with E-state index in [4.69, 9.17) is 4.74 Å². The van der Waals surface area contributed by atoms with Crippen LogP contribution >= 0.6 is 0 Å². The zero-order valence-corrected chi connectivity index (χ0v) is 22.1. The topological polar surface area (TPSA) is 111 Å². The highest BCUT2D eigenvalue weighted by Crippen LogP contribution is 2.44. The number of hydrogen-bond donors (Lipinski definition) is 2. The maximum Gasteiger partial charge on any atom is 0.300 e. The van der Waals surface area contributed by atoms with E-state index in [1.807, 2.05) is 31.2 Å². The average Bonchev–Trinajstić information content (AvgIpc) is 3.15. The molecular formula is C31H30N2O5. The van der Waals surface area contributed by atoms with Gasteiger partial charge < -0.3 is 14.9 Å². The lowest BCUT2D eigenvalue weighted by atomic mass is 9.84. The zero-order chi connectivity index (χ0) is 27.8. The van der Waals surface area contributed by atoms with Gasteiger partial charge >= 0.3 is 0 Å². The first-order valence-corrected chi connectivity index (χ1v) is 12.4. The monoisotopic (exact) mass is 510 g/mol. The number of carbonyl (C=O) groups is 2. The van der Waals surface area contributed by atoms with E-state index in [2.05, 4.69) is 20.8 Å². The van der Waals surface area contributed by atoms with Crippen molar-refractivity contribution in [1.29, 1.82) is 5.26 Å². The molecular weight excluding hydrogens is 480 g/mol. The highest BCUT2D eigenvalue weighted by atomic mass is 16.5. The fraction of sp³-hybridized carbons (Fsp3) is 0.258. The molecule has 38 heavy (non-hydrogen) atoms. The van der Waals surface area contributed by atoms with E-state index in [-0.39, 0.29) is 28.2 Å². The number of aromatic hydroxyl groups is 1. The quantitative estimate of drug-likeness (QED) is 0.251. The second-order valence-corrected chi connectivity index (χ2v) is 10.3. The number of Topliss-reactive ketones (excluding diaryl/α,β-unsaturated/α-hetero) is 1. The largest absolute Gasteiger partial charge is 0.507 e. The summed E-state index contributed by atoms with van der Waals surface area (Å²) in [6.07, 6.45) is 0. The maximum absolute atomic E-state index is 13.5. The van der Waals surface area contributed by atoms with Crippen molar-refractivity contribution in [2.24, 2.45) is 0 Å². The van der Waals surface area contributed by atoms with Gasteiger partial charge in [-0.05, 0) is 78.4 Å². The van der Waals surface area contributed by atoms with Crippen molar-refractivity contribution in [3.63, 3.8) is 0 Å². The van der Waals surface area contributed by atoms with Crippen molar-refractivity contribution in [1.82, 2.24) is 0 Å². The molecule has 7 heteroatoms. The fourth-order valence-electron chi connectivity index (χ4n) is 4.57. The third kappa shape index (κ3) is 4.73. The number of anilines is 1. The van der Waals surface area contributed by atoms with Crippen LogP contribution in [0.2, 0.25) is 0 Å². The van der Waals surface area contributed by atoms with Crippen molar-refractivity contribution in [2.75, 3.05) is 11.5 Å². The molecule has 1 amide bonds. The Bertz CT molecular complexity index is 1490. The molecule has 1 aliphatic heterocycles. The van der Waals surface area contributed by atoms with Crippen molar-refractivity contribution in [2.45, 2.75) is 46.1 Å². The first kappa shape index (κ1) is 26.5. The Balaban J connectivity index is 1.99. The Labute approximate surface area is 222 Å². The summed E-state index contributed by atoms with van der Waals surface area (Å²) in [4.78, 5) is 28.3. The summed E-state index contributed by atoms with van der Waals surface area (Å²) in [6, 6.07) is 17.7. The lowest BCUT2D eigenvalue weighted by Crippen LogP contribution is -2.29. The molecule has 0 bridgehead atoms. The standard InChI is InChI=1S/C31H30N2O5/c1-6-38-25-15-20(10-14-24(25)34)27-26(28(35)23-16-21(31(3,4)5)11-7-18(23)2)29(36)30(37)33(27)22-12-8-19(17-32)9-13-22/h7-16,27,34-35H,6H2,1-5H3/b28-26+. The number of amides is 1. The summed E-state index contributed by atoms with van der Waals surface area (Å²) >= 11 is 0. The minimum Gasteiger partial charge on any atom is -0.507 e. The maximum atomic E-state index is 13.5. The Hall–Kier alpha value is -4.57. The van der Waals surface area contributed by atoms with Gasteiger partial charge in [-0.1, -0.05) is 39.0 Å². The first-order valence-electron chi connectivity index (χ1n) is 12.4. The lowest BCUT2D eigenvalue weighted by Gasteiger charge is -2.26. The minimum absolute atomic E-state index is 0.0679. The van der Waals surface area contributed by atoms with Crippen LogP contribution < -0.4 is 9.64 Å². The molecule has 2 N–H and O–H groups in total. The number of ketones is 1.